The van der Waals surface area contributed by atoms with E-state index in [9.17, 15) is 4.79 Å². The highest BCUT2D eigenvalue weighted by Gasteiger charge is 2.15. The number of carbonyl (C=O) groups is 1. The number of hydrogen-bond donors (Lipinski definition) is 0. The highest BCUT2D eigenvalue weighted by Crippen LogP contribution is 2.21. The highest BCUT2D eigenvalue weighted by atomic mass is 16.5. The van der Waals surface area contributed by atoms with Gasteiger partial charge in [0.15, 0.2) is 0 Å². The molecule has 0 saturated carbocycles. The minimum atomic E-state index is -0.407. The largest absolute Gasteiger partial charge is 0.455 e. The third kappa shape index (κ3) is 3.19. The molecule has 4 aromatic rings. The summed E-state index contributed by atoms with van der Waals surface area (Å²) in [4.78, 5) is 21.4. The van der Waals surface area contributed by atoms with Crippen molar-refractivity contribution in [2.24, 2.45) is 0 Å². The molecule has 0 fully saturated rings. The summed E-state index contributed by atoms with van der Waals surface area (Å²) in [6.07, 6.45) is 1.51. The molecule has 0 radical (unpaired) electrons. The molecule has 2 heterocycles. The van der Waals surface area contributed by atoms with Crippen LogP contribution in [0, 0.1) is 6.92 Å². The maximum absolute atomic E-state index is 12.6. The predicted molar refractivity (Wildman–Crippen MR) is 97.5 cm³/mol. The third-order valence-corrected chi connectivity index (χ3v) is 3.99. The number of esters is 1. The van der Waals surface area contributed by atoms with Crippen LogP contribution in [0.15, 0.2) is 71.3 Å². The molecule has 0 aliphatic carbocycles. The van der Waals surface area contributed by atoms with Crippen molar-refractivity contribution in [2.45, 2.75) is 13.5 Å². The topological polar surface area (TPSA) is 65.2 Å². The summed E-state index contributed by atoms with van der Waals surface area (Å²) in [6, 6.07) is 18.8. The molecule has 0 N–H and O–H groups in total. The van der Waals surface area contributed by atoms with Gasteiger partial charge in [0.1, 0.15) is 18.6 Å². The zero-order valence-corrected chi connectivity index (χ0v) is 14.2. The lowest BCUT2D eigenvalue weighted by molar-refractivity contribution is 0.0470. The Morgan fingerprint density at radius 3 is 2.65 bits per heavy atom. The van der Waals surface area contributed by atoms with Gasteiger partial charge < -0.3 is 9.15 Å². The van der Waals surface area contributed by atoms with E-state index in [0.717, 1.165) is 22.2 Å². The van der Waals surface area contributed by atoms with E-state index < -0.39 is 5.97 Å². The van der Waals surface area contributed by atoms with Gasteiger partial charge in [-0.25, -0.2) is 9.78 Å². The van der Waals surface area contributed by atoms with Gasteiger partial charge in [-0.05, 0) is 31.2 Å². The maximum atomic E-state index is 12.6. The first-order valence-corrected chi connectivity index (χ1v) is 8.24. The van der Waals surface area contributed by atoms with Crippen LogP contribution in [0.25, 0.3) is 22.4 Å². The molecule has 0 saturated heterocycles. The number of benzene rings is 2. The molecule has 5 heteroatoms. The predicted octanol–water partition coefficient (Wildman–Crippen LogP) is 4.56. The molecular weight excluding hydrogens is 328 g/mol. The molecule has 2 aromatic carbocycles. The van der Waals surface area contributed by atoms with E-state index in [-0.39, 0.29) is 6.61 Å². The first-order valence-electron chi connectivity index (χ1n) is 8.24. The molecule has 128 valence electrons. The van der Waals surface area contributed by atoms with Gasteiger partial charge in [-0.15, -0.1) is 0 Å². The minimum absolute atomic E-state index is 0.0465. The van der Waals surface area contributed by atoms with E-state index in [1.54, 1.807) is 6.07 Å². The Labute approximate surface area is 150 Å². The summed E-state index contributed by atoms with van der Waals surface area (Å²) in [6.45, 7) is 1.90. The SMILES string of the molecule is Cc1cc(C(=O)OCc2coc(-c3ccccc3)n2)c2ccccc2n1. The van der Waals surface area contributed by atoms with Gasteiger partial charge in [-0.2, -0.15) is 0 Å². The molecular formula is C21H16N2O3. The lowest BCUT2D eigenvalue weighted by Gasteiger charge is -2.07. The number of ether oxygens (including phenoxy) is 1. The van der Waals surface area contributed by atoms with Crippen LogP contribution in [0.4, 0.5) is 0 Å². The van der Waals surface area contributed by atoms with Crippen molar-refractivity contribution in [2.75, 3.05) is 0 Å². The van der Waals surface area contributed by atoms with Gasteiger partial charge >= 0.3 is 5.97 Å². The van der Waals surface area contributed by atoms with Gasteiger partial charge in [0.2, 0.25) is 5.89 Å². The second-order valence-corrected chi connectivity index (χ2v) is 5.91. The van der Waals surface area contributed by atoms with Crippen LogP contribution < -0.4 is 0 Å². The van der Waals surface area contributed by atoms with Gasteiger partial charge in [-0.3, -0.25) is 4.98 Å². The number of carbonyl (C=O) groups excluding carboxylic acids is 1. The fraction of sp³-hybridized carbons (Fsp3) is 0.0952. The number of para-hydroxylation sites is 1. The normalized spacial score (nSPS) is 10.8. The van der Waals surface area contributed by atoms with Crippen LogP contribution >= 0.6 is 0 Å². The van der Waals surface area contributed by atoms with Crippen molar-refractivity contribution in [1.82, 2.24) is 9.97 Å². The van der Waals surface area contributed by atoms with E-state index >= 15 is 0 Å². The summed E-state index contributed by atoms with van der Waals surface area (Å²) in [5, 5.41) is 0.772. The lowest BCUT2D eigenvalue weighted by atomic mass is 10.1. The summed E-state index contributed by atoms with van der Waals surface area (Å²) in [5.74, 6) is 0.0952. The van der Waals surface area contributed by atoms with Gasteiger partial charge in [0, 0.05) is 16.6 Å². The Balaban J connectivity index is 1.52. The van der Waals surface area contributed by atoms with E-state index in [4.69, 9.17) is 9.15 Å². The Morgan fingerprint density at radius 1 is 1.04 bits per heavy atom. The second-order valence-electron chi connectivity index (χ2n) is 5.91. The van der Waals surface area contributed by atoms with Crippen molar-refractivity contribution in [3.63, 3.8) is 0 Å². The minimum Gasteiger partial charge on any atom is -0.455 e. The Bertz CT molecular complexity index is 1070. The molecule has 0 spiro atoms. The molecule has 4 rings (SSSR count). The van der Waals surface area contributed by atoms with Gasteiger partial charge in [-0.1, -0.05) is 36.4 Å². The average Bonchev–Trinajstić information content (AvgIpc) is 3.15. The van der Waals surface area contributed by atoms with Crippen molar-refractivity contribution >= 4 is 16.9 Å². The monoisotopic (exact) mass is 344 g/mol. The number of fused-ring (bicyclic) bond motifs is 1. The first kappa shape index (κ1) is 16.0. The van der Waals surface area contributed by atoms with Crippen LogP contribution in [0.5, 0.6) is 0 Å². The molecule has 5 nitrogen and oxygen atoms in total. The first-order chi connectivity index (χ1) is 12.7. The quantitative estimate of drug-likeness (QED) is 0.508. The number of aromatic nitrogens is 2. The van der Waals surface area contributed by atoms with Gasteiger partial charge in [0.05, 0.1) is 11.1 Å². The van der Waals surface area contributed by atoms with Crippen molar-refractivity contribution in [3.8, 4) is 11.5 Å². The van der Waals surface area contributed by atoms with Crippen molar-refractivity contribution < 1.29 is 13.9 Å². The van der Waals surface area contributed by atoms with Crippen molar-refractivity contribution in [1.29, 1.82) is 0 Å². The van der Waals surface area contributed by atoms with Crippen LogP contribution in [0.3, 0.4) is 0 Å². The number of aryl methyl sites for hydroxylation is 1. The molecule has 0 unspecified atom stereocenters. The fourth-order valence-electron chi connectivity index (χ4n) is 2.78. The van der Waals surface area contributed by atoms with Crippen LogP contribution in [-0.2, 0) is 11.3 Å². The summed E-state index contributed by atoms with van der Waals surface area (Å²) in [5.41, 5.74) is 3.48. The summed E-state index contributed by atoms with van der Waals surface area (Å²) in [7, 11) is 0. The Morgan fingerprint density at radius 2 is 1.81 bits per heavy atom. The second kappa shape index (κ2) is 6.80. The van der Waals surface area contributed by atoms with E-state index in [1.807, 2.05) is 61.5 Å². The number of pyridine rings is 1. The maximum Gasteiger partial charge on any atom is 0.339 e. The third-order valence-electron chi connectivity index (χ3n) is 3.99. The van der Waals surface area contributed by atoms with Crippen LogP contribution in [0.1, 0.15) is 21.7 Å². The smallest absolute Gasteiger partial charge is 0.339 e. The number of hydrogen-bond acceptors (Lipinski definition) is 5. The zero-order valence-electron chi connectivity index (χ0n) is 14.2. The highest BCUT2D eigenvalue weighted by molar-refractivity contribution is 6.03. The molecule has 0 amide bonds. The number of rotatable bonds is 4. The van der Waals surface area contributed by atoms with Gasteiger partial charge in [0.25, 0.3) is 0 Å². The van der Waals surface area contributed by atoms with E-state index in [2.05, 4.69) is 9.97 Å². The molecule has 0 aliphatic rings. The summed E-state index contributed by atoms with van der Waals surface area (Å²) >= 11 is 0. The summed E-state index contributed by atoms with van der Waals surface area (Å²) < 4.78 is 10.9. The van der Waals surface area contributed by atoms with Crippen LogP contribution in [-0.4, -0.2) is 15.9 Å². The zero-order chi connectivity index (χ0) is 17.9. The molecule has 26 heavy (non-hydrogen) atoms. The molecule has 0 bridgehead atoms. The molecule has 0 aliphatic heterocycles. The average molecular weight is 344 g/mol. The Kier molecular flexibility index (Phi) is 4.19. The Hall–Kier alpha value is -3.47. The molecule has 0 atom stereocenters. The fourth-order valence-corrected chi connectivity index (χ4v) is 2.78. The van der Waals surface area contributed by atoms with E-state index in [1.165, 1.54) is 6.26 Å². The standard InChI is InChI=1S/C21H16N2O3/c1-14-11-18(17-9-5-6-10-19(17)22-14)21(24)26-13-16-12-25-20(23-16)15-7-3-2-4-8-15/h2-12H,13H2,1H3. The van der Waals surface area contributed by atoms with Crippen LogP contribution in [0.2, 0.25) is 0 Å². The molecule has 2 aromatic heterocycles. The van der Waals surface area contributed by atoms with Crippen molar-refractivity contribution in [3.05, 3.63) is 83.9 Å². The number of oxazole rings is 1. The number of nitrogens with zero attached hydrogens (tertiary/aromatic N) is 2. The van der Waals surface area contributed by atoms with E-state index in [0.29, 0.717) is 17.1 Å². The lowest BCUT2D eigenvalue weighted by Crippen LogP contribution is -2.07.